The lowest BCUT2D eigenvalue weighted by Gasteiger charge is -2.35. The molecule has 1 unspecified atom stereocenters. The fraction of sp³-hybridized carbons (Fsp3) is 1.00. The maximum atomic E-state index is 13.0. The van der Waals surface area contributed by atoms with Gasteiger partial charge in [-0.15, -0.1) is 0 Å². The van der Waals surface area contributed by atoms with Crippen molar-refractivity contribution in [2.24, 2.45) is 5.92 Å². The van der Waals surface area contributed by atoms with E-state index < -0.39 is 5.92 Å². The molecule has 12 heavy (non-hydrogen) atoms. The van der Waals surface area contributed by atoms with Crippen LogP contribution in [0, 0.1) is 5.92 Å². The molecule has 0 saturated carbocycles. The lowest BCUT2D eigenvalue weighted by molar-refractivity contribution is 0.0118. The Hall–Kier alpha value is -0.180. The summed E-state index contributed by atoms with van der Waals surface area (Å²) in [5, 5.41) is 0. The molecule has 1 aliphatic rings. The molecule has 0 spiro atoms. The van der Waals surface area contributed by atoms with Crippen LogP contribution in [-0.2, 0) is 0 Å². The van der Waals surface area contributed by atoms with Crippen molar-refractivity contribution in [3.05, 3.63) is 0 Å². The Bertz CT molecular complexity index is 179. The second kappa shape index (κ2) is 2.66. The van der Waals surface area contributed by atoms with E-state index in [2.05, 4.69) is 0 Å². The molecule has 0 bridgehead atoms. The minimum Gasteiger partial charge on any atom is -0.295 e. The van der Waals surface area contributed by atoms with Gasteiger partial charge in [-0.1, -0.05) is 13.8 Å². The van der Waals surface area contributed by atoms with Crippen molar-refractivity contribution in [1.82, 2.24) is 4.90 Å². The maximum Gasteiger partial charge on any atom is 0.262 e. The van der Waals surface area contributed by atoms with E-state index in [1.54, 1.807) is 11.9 Å². The number of rotatable bonds is 1. The van der Waals surface area contributed by atoms with Crippen LogP contribution in [0.15, 0.2) is 0 Å². The molecular formula is C9H17F2N. The topological polar surface area (TPSA) is 3.24 Å². The molecule has 1 saturated heterocycles. The van der Waals surface area contributed by atoms with E-state index in [4.69, 9.17) is 0 Å². The summed E-state index contributed by atoms with van der Waals surface area (Å²) in [6.45, 7) is 5.82. The first-order valence-corrected chi connectivity index (χ1v) is 4.37. The Balaban J connectivity index is 2.81. The van der Waals surface area contributed by atoms with Crippen molar-refractivity contribution < 1.29 is 8.78 Å². The predicted molar refractivity (Wildman–Crippen MR) is 45.4 cm³/mol. The van der Waals surface area contributed by atoms with Crippen LogP contribution < -0.4 is 0 Å². The second-order valence-corrected chi connectivity index (χ2v) is 4.40. The highest BCUT2D eigenvalue weighted by molar-refractivity contribution is 5.00. The molecule has 0 aromatic rings. The third-order valence-corrected chi connectivity index (χ3v) is 3.20. The van der Waals surface area contributed by atoms with Crippen LogP contribution in [0.3, 0.4) is 0 Å². The fourth-order valence-electron chi connectivity index (χ4n) is 1.89. The van der Waals surface area contributed by atoms with Crippen LogP contribution in [-0.4, -0.2) is 30.0 Å². The first-order chi connectivity index (χ1) is 5.28. The summed E-state index contributed by atoms with van der Waals surface area (Å²) in [4.78, 5) is 1.78. The van der Waals surface area contributed by atoms with E-state index in [1.165, 1.54) is 0 Å². The van der Waals surface area contributed by atoms with E-state index in [1.807, 2.05) is 20.8 Å². The van der Waals surface area contributed by atoms with Crippen LogP contribution in [0.25, 0.3) is 0 Å². The minimum absolute atomic E-state index is 0.00579. The number of likely N-dealkylation sites (tertiary alicyclic amines) is 1. The summed E-state index contributed by atoms with van der Waals surface area (Å²) < 4.78 is 26.0. The zero-order valence-corrected chi connectivity index (χ0v) is 8.19. The molecule has 0 aromatic carbocycles. The average Bonchev–Trinajstić information content (AvgIpc) is 2.03. The molecule has 1 rings (SSSR count). The Morgan fingerprint density at radius 3 is 2.00 bits per heavy atom. The molecule has 0 aliphatic carbocycles. The Kier molecular flexibility index (Phi) is 2.19. The third kappa shape index (κ3) is 1.47. The number of hydrogen-bond acceptors (Lipinski definition) is 1. The maximum absolute atomic E-state index is 13.0. The van der Waals surface area contributed by atoms with Crippen LogP contribution in [0.2, 0.25) is 0 Å². The Morgan fingerprint density at radius 1 is 1.33 bits per heavy atom. The summed E-state index contributed by atoms with van der Waals surface area (Å²) in [5.74, 6) is -2.22. The normalized spacial score (nSPS) is 36.2. The summed E-state index contributed by atoms with van der Waals surface area (Å²) in [7, 11) is 1.78. The van der Waals surface area contributed by atoms with Crippen molar-refractivity contribution in [3.63, 3.8) is 0 Å². The number of nitrogens with zero attached hydrogens (tertiary/aromatic N) is 1. The van der Waals surface area contributed by atoms with Gasteiger partial charge in [0.25, 0.3) is 5.92 Å². The van der Waals surface area contributed by atoms with Gasteiger partial charge in [0.1, 0.15) is 0 Å². The number of halogens is 2. The Morgan fingerprint density at radius 2 is 1.83 bits per heavy atom. The molecule has 1 aliphatic heterocycles. The van der Waals surface area contributed by atoms with Crippen LogP contribution in [0.4, 0.5) is 8.78 Å². The molecule has 1 fully saturated rings. The lowest BCUT2D eigenvalue weighted by Crippen LogP contribution is -2.42. The van der Waals surface area contributed by atoms with Gasteiger partial charge in [0.15, 0.2) is 0 Å². The monoisotopic (exact) mass is 177 g/mol. The fourth-order valence-corrected chi connectivity index (χ4v) is 1.89. The summed E-state index contributed by atoms with van der Waals surface area (Å²) in [6, 6.07) is 0. The Labute approximate surface area is 72.7 Å². The van der Waals surface area contributed by atoms with E-state index in [0.717, 1.165) is 0 Å². The lowest BCUT2D eigenvalue weighted by atomic mass is 9.85. The van der Waals surface area contributed by atoms with Crippen LogP contribution >= 0.6 is 0 Å². The van der Waals surface area contributed by atoms with Gasteiger partial charge in [-0.05, 0) is 19.9 Å². The molecule has 0 radical (unpaired) electrons. The van der Waals surface area contributed by atoms with Gasteiger partial charge in [-0.2, -0.15) is 0 Å². The highest BCUT2D eigenvalue weighted by Gasteiger charge is 2.51. The van der Waals surface area contributed by atoms with Crippen LogP contribution in [0.5, 0.6) is 0 Å². The molecule has 1 heterocycles. The quantitative estimate of drug-likeness (QED) is 0.594. The minimum atomic E-state index is -2.49. The second-order valence-electron chi connectivity index (χ2n) is 4.40. The third-order valence-electron chi connectivity index (χ3n) is 3.20. The molecule has 1 atom stereocenters. The largest absolute Gasteiger partial charge is 0.295 e. The van der Waals surface area contributed by atoms with Crippen molar-refractivity contribution in [3.8, 4) is 0 Å². The average molecular weight is 177 g/mol. The summed E-state index contributed by atoms with van der Waals surface area (Å²) >= 11 is 0. The van der Waals surface area contributed by atoms with E-state index >= 15 is 0 Å². The molecule has 0 aromatic heterocycles. The smallest absolute Gasteiger partial charge is 0.262 e. The van der Waals surface area contributed by atoms with E-state index in [-0.39, 0.29) is 24.4 Å². The van der Waals surface area contributed by atoms with Crippen molar-refractivity contribution in [1.29, 1.82) is 0 Å². The predicted octanol–water partition coefficient (Wildman–Crippen LogP) is 2.37. The number of hydrogen-bond donors (Lipinski definition) is 0. The SMILES string of the molecule is CC(C)C1(C)CC(F)(F)CN1C. The van der Waals surface area contributed by atoms with Gasteiger partial charge in [0.05, 0.1) is 6.54 Å². The highest BCUT2D eigenvalue weighted by atomic mass is 19.3. The summed E-state index contributed by atoms with van der Waals surface area (Å²) in [6.07, 6.45) is -0.00579. The molecular weight excluding hydrogens is 160 g/mol. The van der Waals surface area contributed by atoms with E-state index in [0.29, 0.717) is 0 Å². The first kappa shape index (κ1) is 9.90. The van der Waals surface area contributed by atoms with Crippen molar-refractivity contribution >= 4 is 0 Å². The molecule has 0 amide bonds. The van der Waals surface area contributed by atoms with Crippen molar-refractivity contribution in [2.75, 3.05) is 13.6 Å². The van der Waals surface area contributed by atoms with Crippen LogP contribution in [0.1, 0.15) is 27.2 Å². The number of alkyl halides is 2. The molecule has 0 N–H and O–H groups in total. The van der Waals surface area contributed by atoms with Gasteiger partial charge >= 0.3 is 0 Å². The van der Waals surface area contributed by atoms with Gasteiger partial charge in [0, 0.05) is 12.0 Å². The van der Waals surface area contributed by atoms with Crippen molar-refractivity contribution in [2.45, 2.75) is 38.7 Å². The molecule has 72 valence electrons. The van der Waals surface area contributed by atoms with Gasteiger partial charge < -0.3 is 0 Å². The zero-order valence-electron chi connectivity index (χ0n) is 8.19. The van der Waals surface area contributed by atoms with Gasteiger partial charge in [-0.3, -0.25) is 4.90 Å². The molecule has 3 heteroatoms. The van der Waals surface area contributed by atoms with E-state index in [9.17, 15) is 8.78 Å². The zero-order chi connectivity index (χ0) is 9.57. The highest BCUT2D eigenvalue weighted by Crippen LogP contribution is 2.42. The first-order valence-electron chi connectivity index (χ1n) is 4.37. The summed E-state index contributed by atoms with van der Waals surface area (Å²) in [5.41, 5.74) is -0.330. The van der Waals surface area contributed by atoms with Gasteiger partial charge in [-0.25, -0.2) is 8.78 Å². The standard InChI is InChI=1S/C9H17F2N/c1-7(2)8(3)5-9(10,11)6-12(8)4/h7H,5-6H2,1-4H3. The van der Waals surface area contributed by atoms with Gasteiger partial charge in [0.2, 0.25) is 0 Å². The molecule has 1 nitrogen and oxygen atoms in total.